The zero-order chi connectivity index (χ0) is 17.0. The largest absolute Gasteiger partial charge is 0.444 e. The molecule has 2 N–H and O–H groups in total. The second-order valence-corrected chi connectivity index (χ2v) is 8.62. The molecule has 4 unspecified atom stereocenters. The third-order valence-corrected chi connectivity index (χ3v) is 4.73. The molecule has 0 saturated carbocycles. The van der Waals surface area contributed by atoms with Gasteiger partial charge in [0.1, 0.15) is 5.60 Å². The topological polar surface area (TPSA) is 53.6 Å². The predicted molar refractivity (Wildman–Crippen MR) is 93.6 cm³/mol. The van der Waals surface area contributed by atoms with Gasteiger partial charge < -0.3 is 20.3 Å². The van der Waals surface area contributed by atoms with Crippen molar-refractivity contribution in [1.29, 1.82) is 0 Å². The van der Waals surface area contributed by atoms with Crippen LogP contribution >= 0.6 is 0 Å². The monoisotopic (exact) mass is 325 g/mol. The number of hydrogen-bond donors (Lipinski definition) is 2. The fourth-order valence-electron chi connectivity index (χ4n) is 3.77. The van der Waals surface area contributed by atoms with Gasteiger partial charge in [0, 0.05) is 25.2 Å². The number of carbonyl (C=O) groups excluding carboxylic acids is 1. The lowest BCUT2D eigenvalue weighted by Gasteiger charge is -2.35. The minimum Gasteiger partial charge on any atom is -0.444 e. The lowest BCUT2D eigenvalue weighted by Crippen LogP contribution is -2.52. The summed E-state index contributed by atoms with van der Waals surface area (Å²) in [5.41, 5.74) is -0.443. The van der Waals surface area contributed by atoms with E-state index < -0.39 is 5.60 Å². The third kappa shape index (κ3) is 6.30. The van der Waals surface area contributed by atoms with E-state index in [0.29, 0.717) is 24.5 Å². The van der Waals surface area contributed by atoms with Crippen molar-refractivity contribution in [2.75, 3.05) is 26.2 Å². The Morgan fingerprint density at radius 1 is 1.26 bits per heavy atom. The van der Waals surface area contributed by atoms with Gasteiger partial charge in [0.15, 0.2) is 0 Å². The number of fused-ring (bicyclic) bond motifs is 2. The number of nitrogens with zero attached hydrogens (tertiary/aromatic N) is 1. The van der Waals surface area contributed by atoms with Crippen LogP contribution in [0.2, 0.25) is 0 Å². The van der Waals surface area contributed by atoms with Crippen LogP contribution in [0.25, 0.3) is 0 Å². The van der Waals surface area contributed by atoms with E-state index in [0.717, 1.165) is 12.3 Å². The first-order valence-electron chi connectivity index (χ1n) is 9.18. The predicted octanol–water partition coefficient (Wildman–Crippen LogP) is 2.61. The number of rotatable bonds is 6. The Morgan fingerprint density at radius 2 is 1.96 bits per heavy atom. The molecular formula is C18H35N3O2. The molecule has 0 aromatic carbocycles. The number of alkyl carbamates (subject to hydrolysis) is 1. The zero-order valence-electron chi connectivity index (χ0n) is 15.5. The van der Waals surface area contributed by atoms with E-state index in [-0.39, 0.29) is 6.09 Å². The van der Waals surface area contributed by atoms with Gasteiger partial charge in [-0.15, -0.1) is 0 Å². The van der Waals surface area contributed by atoms with Crippen LogP contribution in [0.5, 0.6) is 0 Å². The number of piperidine rings is 1. The van der Waals surface area contributed by atoms with Crippen molar-refractivity contribution < 1.29 is 9.53 Å². The summed E-state index contributed by atoms with van der Waals surface area (Å²) in [7, 11) is 0. The highest BCUT2D eigenvalue weighted by Crippen LogP contribution is 2.27. The maximum atomic E-state index is 11.9. The second kappa shape index (κ2) is 7.84. The highest BCUT2D eigenvalue weighted by Gasteiger charge is 2.35. The van der Waals surface area contributed by atoms with Crippen molar-refractivity contribution >= 4 is 6.09 Å². The molecule has 2 heterocycles. The molecule has 2 saturated heterocycles. The first-order valence-corrected chi connectivity index (χ1v) is 9.18. The molecule has 0 aromatic heterocycles. The molecule has 23 heavy (non-hydrogen) atoms. The van der Waals surface area contributed by atoms with Crippen LogP contribution in [0.1, 0.15) is 53.9 Å². The molecule has 1 amide bonds. The lowest BCUT2D eigenvalue weighted by molar-refractivity contribution is 0.0518. The number of ether oxygens (including phenoxy) is 1. The molecule has 0 spiro atoms. The van der Waals surface area contributed by atoms with E-state index in [1.165, 1.54) is 32.5 Å². The fraction of sp³-hybridized carbons (Fsp3) is 0.944. The Morgan fingerprint density at radius 3 is 2.61 bits per heavy atom. The number of nitrogens with one attached hydrogen (secondary N) is 2. The molecule has 0 aromatic rings. The van der Waals surface area contributed by atoms with Crippen molar-refractivity contribution in [3.05, 3.63) is 0 Å². The minimum atomic E-state index is -0.443. The van der Waals surface area contributed by atoms with Crippen LogP contribution < -0.4 is 10.6 Å². The van der Waals surface area contributed by atoms with Crippen molar-refractivity contribution in [1.82, 2.24) is 15.5 Å². The molecule has 2 aliphatic heterocycles. The molecule has 2 bridgehead atoms. The Balaban J connectivity index is 1.83. The smallest absolute Gasteiger partial charge is 0.407 e. The second-order valence-electron chi connectivity index (χ2n) is 8.62. The van der Waals surface area contributed by atoms with E-state index in [1.807, 2.05) is 20.8 Å². The number of hydrogen-bond acceptors (Lipinski definition) is 4. The van der Waals surface area contributed by atoms with Crippen LogP contribution in [0.3, 0.4) is 0 Å². The average molecular weight is 325 g/mol. The van der Waals surface area contributed by atoms with Crippen molar-refractivity contribution in [3.8, 4) is 0 Å². The number of carbonyl (C=O) groups is 1. The van der Waals surface area contributed by atoms with Gasteiger partial charge in [0.05, 0.1) is 0 Å². The fourth-order valence-corrected chi connectivity index (χ4v) is 3.77. The van der Waals surface area contributed by atoms with Crippen LogP contribution in [0.15, 0.2) is 0 Å². The molecule has 0 radical (unpaired) electrons. The third-order valence-electron chi connectivity index (χ3n) is 4.73. The van der Waals surface area contributed by atoms with Gasteiger partial charge in [-0.1, -0.05) is 13.8 Å². The Hall–Kier alpha value is -0.810. The first-order chi connectivity index (χ1) is 10.7. The summed E-state index contributed by atoms with van der Waals surface area (Å²) >= 11 is 0. The van der Waals surface area contributed by atoms with E-state index >= 15 is 0 Å². The van der Waals surface area contributed by atoms with Gasteiger partial charge in [-0.3, -0.25) is 0 Å². The SMILES string of the molecule is CC(C)CC(CNC(=O)OC(C)(C)C)NC1CCN2CCC1C2. The summed E-state index contributed by atoms with van der Waals surface area (Å²) in [4.78, 5) is 14.5. The summed E-state index contributed by atoms with van der Waals surface area (Å²) in [5.74, 6) is 1.39. The maximum absolute atomic E-state index is 11.9. The molecule has 2 rings (SSSR count). The van der Waals surface area contributed by atoms with Gasteiger partial charge in [-0.05, 0) is 65.0 Å². The van der Waals surface area contributed by atoms with Gasteiger partial charge >= 0.3 is 6.09 Å². The Kier molecular flexibility index (Phi) is 6.32. The van der Waals surface area contributed by atoms with Gasteiger partial charge in [0.2, 0.25) is 0 Å². The average Bonchev–Trinajstić information content (AvgIpc) is 2.79. The van der Waals surface area contributed by atoms with Crippen LogP contribution in [-0.2, 0) is 4.74 Å². The molecule has 5 nitrogen and oxygen atoms in total. The summed E-state index contributed by atoms with van der Waals surface area (Å²) < 4.78 is 5.35. The standard InChI is InChI=1S/C18H35N3O2/c1-13(2)10-15(11-19-17(22)23-18(3,4)5)20-16-7-9-21-8-6-14(16)12-21/h13-16,20H,6-12H2,1-5H3,(H,19,22). The lowest BCUT2D eigenvalue weighted by atomic mass is 9.92. The van der Waals surface area contributed by atoms with Crippen molar-refractivity contribution in [3.63, 3.8) is 0 Å². The van der Waals surface area contributed by atoms with Crippen LogP contribution in [-0.4, -0.2) is 54.9 Å². The molecule has 2 fully saturated rings. The van der Waals surface area contributed by atoms with Crippen molar-refractivity contribution in [2.24, 2.45) is 11.8 Å². The van der Waals surface area contributed by atoms with Gasteiger partial charge in [-0.2, -0.15) is 0 Å². The molecule has 4 atom stereocenters. The summed E-state index contributed by atoms with van der Waals surface area (Å²) in [6.07, 6.45) is 3.30. The van der Waals surface area contributed by atoms with Gasteiger partial charge in [-0.25, -0.2) is 4.79 Å². The summed E-state index contributed by atoms with van der Waals surface area (Å²) in [6.45, 7) is 14.5. The highest BCUT2D eigenvalue weighted by molar-refractivity contribution is 5.67. The molecule has 0 aliphatic carbocycles. The highest BCUT2D eigenvalue weighted by atomic mass is 16.6. The van der Waals surface area contributed by atoms with Crippen molar-refractivity contribution in [2.45, 2.75) is 71.6 Å². The molecule has 134 valence electrons. The quantitative estimate of drug-likeness (QED) is 0.788. The van der Waals surface area contributed by atoms with E-state index in [2.05, 4.69) is 29.4 Å². The minimum absolute atomic E-state index is 0.316. The summed E-state index contributed by atoms with van der Waals surface area (Å²) in [6, 6.07) is 0.914. The number of amides is 1. The first kappa shape index (κ1) is 18.5. The Labute approximate surface area is 141 Å². The molecule has 5 heteroatoms. The zero-order valence-corrected chi connectivity index (χ0v) is 15.5. The van der Waals surface area contributed by atoms with Crippen LogP contribution in [0.4, 0.5) is 4.79 Å². The normalized spacial score (nSPS) is 28.7. The maximum Gasteiger partial charge on any atom is 0.407 e. The van der Waals surface area contributed by atoms with E-state index in [1.54, 1.807) is 0 Å². The molecule has 2 aliphatic rings. The van der Waals surface area contributed by atoms with Crippen LogP contribution in [0, 0.1) is 11.8 Å². The molecular weight excluding hydrogens is 290 g/mol. The Bertz CT molecular complexity index is 392. The van der Waals surface area contributed by atoms with E-state index in [4.69, 9.17) is 4.74 Å². The van der Waals surface area contributed by atoms with Gasteiger partial charge in [0.25, 0.3) is 0 Å². The summed E-state index contributed by atoms with van der Waals surface area (Å²) in [5, 5.41) is 6.78. The van der Waals surface area contributed by atoms with E-state index in [9.17, 15) is 4.79 Å².